The SMILES string of the molecule is Cc1[nH]c2ccccc2c1C(=O)C(=O)Nc1ccc(S(=O)(=O)N2CCC(c3nc4ccccc4[nH]3)CC2)cc1. The minimum Gasteiger partial charge on any atom is -0.358 e. The van der Waals surface area contributed by atoms with Crippen LogP contribution >= 0.6 is 0 Å². The lowest BCUT2D eigenvalue weighted by atomic mass is 9.97. The topological polar surface area (TPSA) is 128 Å². The number of hydrogen-bond donors (Lipinski definition) is 3. The molecule has 0 spiro atoms. The molecule has 5 aromatic rings. The van der Waals surface area contributed by atoms with Crippen molar-refractivity contribution in [1.82, 2.24) is 19.3 Å². The normalized spacial score (nSPS) is 15.1. The third-order valence-corrected chi connectivity index (χ3v) is 9.24. The van der Waals surface area contributed by atoms with Gasteiger partial charge < -0.3 is 15.3 Å². The minimum absolute atomic E-state index is 0.140. The Morgan fingerprint density at radius 3 is 2.28 bits per heavy atom. The number of piperidine rings is 1. The molecule has 9 nitrogen and oxygen atoms in total. The van der Waals surface area contributed by atoms with Crippen molar-refractivity contribution in [3.8, 4) is 0 Å². The van der Waals surface area contributed by atoms with Gasteiger partial charge in [0.05, 0.1) is 21.5 Å². The smallest absolute Gasteiger partial charge is 0.296 e. The molecule has 0 atom stereocenters. The standard InChI is InChI=1S/C29H27N5O4S/c1-18-26(22-6-2-3-7-23(22)30-18)27(35)29(36)31-20-10-12-21(13-11-20)39(37,38)34-16-14-19(15-17-34)28-32-24-8-4-5-9-25(24)33-28/h2-13,19,30H,14-17H2,1H3,(H,31,36)(H,32,33). The number of aromatic amines is 2. The summed E-state index contributed by atoms with van der Waals surface area (Å²) in [5.74, 6) is -0.384. The van der Waals surface area contributed by atoms with Gasteiger partial charge in [-0.15, -0.1) is 0 Å². The molecule has 0 radical (unpaired) electrons. The van der Waals surface area contributed by atoms with E-state index in [0.29, 0.717) is 48.3 Å². The summed E-state index contributed by atoms with van der Waals surface area (Å²) in [5, 5.41) is 3.27. The minimum atomic E-state index is -3.70. The number of carbonyl (C=O) groups is 2. The molecule has 10 heteroatoms. The van der Waals surface area contributed by atoms with Gasteiger partial charge >= 0.3 is 0 Å². The van der Waals surface area contributed by atoms with E-state index in [1.807, 2.05) is 42.5 Å². The number of hydrogen-bond acceptors (Lipinski definition) is 5. The first-order valence-corrected chi connectivity index (χ1v) is 14.2. The molecule has 1 aliphatic rings. The highest BCUT2D eigenvalue weighted by molar-refractivity contribution is 7.89. The molecule has 198 valence electrons. The summed E-state index contributed by atoms with van der Waals surface area (Å²) in [6.45, 7) is 2.53. The monoisotopic (exact) mass is 541 g/mol. The number of benzene rings is 3. The molecule has 3 aromatic carbocycles. The van der Waals surface area contributed by atoms with E-state index >= 15 is 0 Å². The fraction of sp³-hybridized carbons (Fsp3) is 0.207. The van der Waals surface area contributed by atoms with E-state index in [1.165, 1.54) is 28.6 Å². The Bertz CT molecular complexity index is 1780. The highest BCUT2D eigenvalue weighted by Crippen LogP contribution is 2.31. The van der Waals surface area contributed by atoms with Gasteiger partial charge in [-0.3, -0.25) is 9.59 Å². The number of nitrogens with one attached hydrogen (secondary N) is 3. The Morgan fingerprint density at radius 1 is 0.897 bits per heavy atom. The summed E-state index contributed by atoms with van der Waals surface area (Å²) in [6, 6.07) is 21.1. The molecular weight excluding hydrogens is 514 g/mol. The largest absolute Gasteiger partial charge is 0.358 e. The molecule has 0 saturated carbocycles. The number of nitrogens with zero attached hydrogens (tertiary/aromatic N) is 2. The lowest BCUT2D eigenvalue weighted by molar-refractivity contribution is -0.112. The van der Waals surface area contributed by atoms with Crippen molar-refractivity contribution in [2.24, 2.45) is 0 Å². The number of imidazole rings is 1. The molecule has 0 unspecified atom stereocenters. The molecule has 1 amide bonds. The highest BCUT2D eigenvalue weighted by atomic mass is 32.2. The zero-order valence-electron chi connectivity index (χ0n) is 21.3. The first-order chi connectivity index (χ1) is 18.8. The number of aryl methyl sites for hydroxylation is 1. The van der Waals surface area contributed by atoms with Crippen molar-refractivity contribution in [2.75, 3.05) is 18.4 Å². The maximum absolute atomic E-state index is 13.3. The van der Waals surface area contributed by atoms with Crippen molar-refractivity contribution in [3.63, 3.8) is 0 Å². The van der Waals surface area contributed by atoms with Crippen LogP contribution in [0.2, 0.25) is 0 Å². The summed E-state index contributed by atoms with van der Waals surface area (Å²) in [4.78, 5) is 37.0. The van der Waals surface area contributed by atoms with Crippen LogP contribution in [-0.2, 0) is 14.8 Å². The second kappa shape index (κ2) is 9.79. The van der Waals surface area contributed by atoms with Crippen LogP contribution in [0, 0.1) is 6.92 Å². The summed E-state index contributed by atoms with van der Waals surface area (Å²) < 4.78 is 28.1. The van der Waals surface area contributed by atoms with Crippen LogP contribution in [0.25, 0.3) is 21.9 Å². The molecule has 2 aromatic heterocycles. The van der Waals surface area contributed by atoms with Crippen molar-refractivity contribution in [2.45, 2.75) is 30.6 Å². The van der Waals surface area contributed by atoms with Gasteiger partial charge in [-0.2, -0.15) is 4.31 Å². The first-order valence-electron chi connectivity index (χ1n) is 12.8. The van der Waals surface area contributed by atoms with Gasteiger partial charge in [0.2, 0.25) is 10.0 Å². The first kappa shape index (κ1) is 25.0. The van der Waals surface area contributed by atoms with Crippen LogP contribution in [0.15, 0.2) is 77.7 Å². The molecule has 39 heavy (non-hydrogen) atoms. The zero-order valence-corrected chi connectivity index (χ0v) is 22.1. The zero-order chi connectivity index (χ0) is 27.1. The van der Waals surface area contributed by atoms with Gasteiger partial charge in [-0.05, 0) is 62.2 Å². The Kier molecular flexibility index (Phi) is 6.28. The Balaban J connectivity index is 1.11. The third-order valence-electron chi connectivity index (χ3n) is 7.33. The summed E-state index contributed by atoms with van der Waals surface area (Å²) in [7, 11) is -3.70. The fourth-order valence-electron chi connectivity index (χ4n) is 5.27. The Labute approximate surface area is 225 Å². The number of rotatable bonds is 6. The number of carbonyl (C=O) groups excluding carboxylic acids is 2. The number of fused-ring (bicyclic) bond motifs is 2. The number of Topliss-reactive ketones (excluding diaryl/α,β-unsaturated/α-hetero) is 1. The van der Waals surface area contributed by atoms with Crippen LogP contribution in [0.3, 0.4) is 0 Å². The number of sulfonamides is 1. The number of ketones is 1. The Hall–Kier alpha value is -4.28. The van der Waals surface area contributed by atoms with E-state index in [1.54, 1.807) is 13.0 Å². The quantitative estimate of drug-likeness (QED) is 0.211. The maximum atomic E-state index is 13.3. The van der Waals surface area contributed by atoms with Crippen LogP contribution in [0.1, 0.15) is 40.6 Å². The summed E-state index contributed by atoms with van der Waals surface area (Å²) in [6.07, 6.45) is 1.34. The van der Waals surface area contributed by atoms with E-state index in [9.17, 15) is 18.0 Å². The molecule has 6 rings (SSSR count). The van der Waals surface area contributed by atoms with Gasteiger partial charge in [0.25, 0.3) is 11.7 Å². The third kappa shape index (κ3) is 4.62. The van der Waals surface area contributed by atoms with Gasteiger partial charge in [0.1, 0.15) is 5.82 Å². The predicted molar refractivity (Wildman–Crippen MR) is 149 cm³/mol. The van der Waals surface area contributed by atoms with E-state index in [4.69, 9.17) is 0 Å². The van der Waals surface area contributed by atoms with Crippen molar-refractivity contribution in [1.29, 1.82) is 0 Å². The Morgan fingerprint density at radius 2 is 1.56 bits per heavy atom. The van der Waals surface area contributed by atoms with Crippen LogP contribution in [-0.4, -0.2) is 52.5 Å². The fourth-order valence-corrected chi connectivity index (χ4v) is 6.74. The van der Waals surface area contributed by atoms with E-state index in [-0.39, 0.29) is 10.8 Å². The summed E-state index contributed by atoms with van der Waals surface area (Å²) >= 11 is 0. The number of aromatic nitrogens is 3. The van der Waals surface area contributed by atoms with Crippen molar-refractivity contribution < 1.29 is 18.0 Å². The maximum Gasteiger partial charge on any atom is 0.296 e. The van der Waals surface area contributed by atoms with Crippen LogP contribution < -0.4 is 5.32 Å². The molecule has 0 bridgehead atoms. The molecule has 3 heterocycles. The van der Waals surface area contributed by atoms with Crippen LogP contribution in [0.5, 0.6) is 0 Å². The number of anilines is 1. The molecule has 1 saturated heterocycles. The molecular formula is C29H27N5O4S. The van der Waals surface area contributed by atoms with Crippen LogP contribution in [0.4, 0.5) is 5.69 Å². The van der Waals surface area contributed by atoms with Gasteiger partial charge in [-0.25, -0.2) is 13.4 Å². The van der Waals surface area contributed by atoms with Gasteiger partial charge in [-0.1, -0.05) is 30.3 Å². The number of para-hydroxylation sites is 3. The van der Waals surface area contributed by atoms with Crippen molar-refractivity contribution >= 4 is 49.3 Å². The van der Waals surface area contributed by atoms with E-state index in [0.717, 1.165) is 22.4 Å². The molecule has 3 N–H and O–H groups in total. The lowest BCUT2D eigenvalue weighted by Crippen LogP contribution is -2.38. The van der Waals surface area contributed by atoms with E-state index < -0.39 is 21.7 Å². The highest BCUT2D eigenvalue weighted by Gasteiger charge is 2.31. The predicted octanol–water partition coefficient (Wildman–Crippen LogP) is 4.74. The number of H-pyrrole nitrogens is 2. The second-order valence-electron chi connectivity index (χ2n) is 9.80. The van der Waals surface area contributed by atoms with Crippen molar-refractivity contribution in [3.05, 3.63) is 89.9 Å². The average Bonchev–Trinajstić information content (AvgIpc) is 3.53. The molecule has 1 fully saturated rings. The summed E-state index contributed by atoms with van der Waals surface area (Å²) in [5.41, 5.74) is 3.95. The van der Waals surface area contributed by atoms with Gasteiger partial charge in [0.15, 0.2) is 0 Å². The molecule has 0 aliphatic carbocycles. The molecule has 1 aliphatic heterocycles. The number of amides is 1. The van der Waals surface area contributed by atoms with E-state index in [2.05, 4.69) is 20.3 Å². The van der Waals surface area contributed by atoms with Gasteiger partial charge in [0, 0.05) is 41.3 Å². The second-order valence-corrected chi connectivity index (χ2v) is 11.7. The lowest BCUT2D eigenvalue weighted by Gasteiger charge is -2.30. The average molecular weight is 542 g/mol.